The predicted molar refractivity (Wildman–Crippen MR) is 98.2 cm³/mol. The Morgan fingerprint density at radius 3 is 2.16 bits per heavy atom. The second-order valence-electron chi connectivity index (χ2n) is 8.51. The fourth-order valence-electron chi connectivity index (χ4n) is 2.85. The minimum Gasteiger partial charge on any atom is -0.507 e. The average molecular weight is 347 g/mol. The summed E-state index contributed by atoms with van der Waals surface area (Å²) in [5.74, 6) is -0.0719. The van der Waals surface area contributed by atoms with E-state index in [9.17, 15) is 9.90 Å². The summed E-state index contributed by atoms with van der Waals surface area (Å²) in [6.45, 7) is 14.5. The Morgan fingerprint density at radius 2 is 1.72 bits per heavy atom. The molecule has 0 aliphatic carbocycles. The molecular weight excluding hydrogens is 318 g/mol. The Bertz CT molecular complexity index is 658. The van der Waals surface area contributed by atoms with Gasteiger partial charge in [0.25, 0.3) is 0 Å². The quantitative estimate of drug-likeness (QED) is 0.838. The molecule has 1 unspecified atom stereocenters. The van der Waals surface area contributed by atoms with Gasteiger partial charge in [0.05, 0.1) is 12.3 Å². The van der Waals surface area contributed by atoms with E-state index in [1.54, 1.807) is 6.92 Å². The number of oxime groups is 1. The lowest BCUT2D eigenvalue weighted by molar-refractivity contribution is -0.154. The van der Waals surface area contributed by atoms with E-state index in [4.69, 9.17) is 9.57 Å². The van der Waals surface area contributed by atoms with Crippen molar-refractivity contribution in [3.63, 3.8) is 0 Å². The van der Waals surface area contributed by atoms with E-state index in [0.717, 1.165) is 16.7 Å². The van der Waals surface area contributed by atoms with Crippen molar-refractivity contribution < 1.29 is 19.5 Å². The van der Waals surface area contributed by atoms with E-state index in [1.807, 2.05) is 12.1 Å². The minimum atomic E-state index is -0.695. The molecule has 138 valence electrons. The summed E-state index contributed by atoms with van der Waals surface area (Å²) in [4.78, 5) is 17.1. The maximum absolute atomic E-state index is 11.9. The first-order valence-electron chi connectivity index (χ1n) is 8.72. The monoisotopic (exact) mass is 347 g/mol. The number of hydrogen-bond donors (Lipinski definition) is 1. The van der Waals surface area contributed by atoms with E-state index in [2.05, 4.69) is 46.7 Å². The van der Waals surface area contributed by atoms with E-state index in [-0.39, 0.29) is 10.8 Å². The number of phenolic OH excluding ortho intramolecular Hbond substituents is 1. The summed E-state index contributed by atoms with van der Waals surface area (Å²) < 4.78 is 5.01. The maximum atomic E-state index is 11.9. The van der Waals surface area contributed by atoms with Crippen LogP contribution in [0.25, 0.3) is 0 Å². The van der Waals surface area contributed by atoms with Crippen LogP contribution < -0.4 is 0 Å². The Kier molecular flexibility index (Phi) is 5.17. The molecule has 0 fully saturated rings. The molecule has 2 rings (SSSR count). The van der Waals surface area contributed by atoms with Gasteiger partial charge < -0.3 is 14.7 Å². The van der Waals surface area contributed by atoms with Crippen molar-refractivity contribution in [3.05, 3.63) is 28.8 Å². The van der Waals surface area contributed by atoms with Gasteiger partial charge in [0, 0.05) is 23.1 Å². The third-order valence-corrected chi connectivity index (χ3v) is 4.28. The zero-order valence-electron chi connectivity index (χ0n) is 16.3. The van der Waals surface area contributed by atoms with Crippen molar-refractivity contribution in [2.24, 2.45) is 5.16 Å². The van der Waals surface area contributed by atoms with Crippen LogP contribution in [0.1, 0.15) is 71.6 Å². The number of carbonyl (C=O) groups is 1. The van der Waals surface area contributed by atoms with Gasteiger partial charge in [-0.05, 0) is 29.9 Å². The highest BCUT2D eigenvalue weighted by molar-refractivity contribution is 6.04. The molecule has 1 heterocycles. The minimum absolute atomic E-state index is 0.222. The Balaban J connectivity index is 2.44. The van der Waals surface area contributed by atoms with Crippen LogP contribution in [0.4, 0.5) is 0 Å². The summed E-state index contributed by atoms with van der Waals surface area (Å²) in [6, 6.07) is 3.89. The molecule has 0 bridgehead atoms. The van der Waals surface area contributed by atoms with Gasteiger partial charge in [0.15, 0.2) is 0 Å². The lowest BCUT2D eigenvalue weighted by Crippen LogP contribution is -2.24. The average Bonchev–Trinajstić information content (AvgIpc) is 2.95. The molecule has 1 aliphatic heterocycles. The van der Waals surface area contributed by atoms with Crippen molar-refractivity contribution in [1.82, 2.24) is 0 Å². The van der Waals surface area contributed by atoms with Crippen LogP contribution in [0.3, 0.4) is 0 Å². The molecule has 0 saturated carbocycles. The van der Waals surface area contributed by atoms with Gasteiger partial charge in [-0.15, -0.1) is 0 Å². The van der Waals surface area contributed by atoms with Crippen molar-refractivity contribution in [2.75, 3.05) is 6.61 Å². The van der Waals surface area contributed by atoms with Crippen molar-refractivity contribution in [3.8, 4) is 5.75 Å². The van der Waals surface area contributed by atoms with Gasteiger partial charge in [0.1, 0.15) is 5.75 Å². The first-order chi connectivity index (χ1) is 11.4. The predicted octanol–water partition coefficient (Wildman–Crippen LogP) is 4.04. The van der Waals surface area contributed by atoms with Crippen LogP contribution in [0.2, 0.25) is 0 Å². The first kappa shape index (κ1) is 19.3. The van der Waals surface area contributed by atoms with Crippen LogP contribution in [-0.2, 0) is 25.2 Å². The van der Waals surface area contributed by atoms with E-state index in [1.165, 1.54) is 0 Å². The topological polar surface area (TPSA) is 68.1 Å². The smallest absolute Gasteiger partial charge is 0.350 e. The van der Waals surface area contributed by atoms with Crippen LogP contribution in [-0.4, -0.2) is 29.5 Å². The van der Waals surface area contributed by atoms with Gasteiger partial charge in [0.2, 0.25) is 6.10 Å². The zero-order chi connectivity index (χ0) is 19.0. The molecule has 0 saturated heterocycles. The summed E-state index contributed by atoms with van der Waals surface area (Å²) in [5, 5.41) is 14.9. The molecule has 0 aromatic heterocycles. The number of ether oxygens (including phenoxy) is 1. The Labute approximate surface area is 150 Å². The molecular formula is C20H29NO4. The van der Waals surface area contributed by atoms with E-state index in [0.29, 0.717) is 24.5 Å². The number of benzene rings is 1. The molecule has 0 amide bonds. The molecule has 1 aromatic carbocycles. The number of aromatic hydroxyl groups is 1. The number of hydrogen-bond acceptors (Lipinski definition) is 5. The summed E-state index contributed by atoms with van der Waals surface area (Å²) >= 11 is 0. The summed E-state index contributed by atoms with van der Waals surface area (Å²) in [7, 11) is 0. The van der Waals surface area contributed by atoms with Gasteiger partial charge in [-0.1, -0.05) is 46.7 Å². The molecule has 0 radical (unpaired) electrons. The molecule has 1 aliphatic rings. The highest BCUT2D eigenvalue weighted by Crippen LogP contribution is 2.40. The van der Waals surface area contributed by atoms with Crippen LogP contribution in [0, 0.1) is 0 Å². The van der Waals surface area contributed by atoms with E-state index >= 15 is 0 Å². The van der Waals surface area contributed by atoms with Crippen molar-refractivity contribution >= 4 is 11.7 Å². The second-order valence-corrected chi connectivity index (χ2v) is 8.51. The molecule has 1 atom stereocenters. The van der Waals surface area contributed by atoms with Gasteiger partial charge >= 0.3 is 5.97 Å². The van der Waals surface area contributed by atoms with Crippen LogP contribution in [0.5, 0.6) is 5.75 Å². The molecule has 0 spiro atoms. The highest BCUT2D eigenvalue weighted by Gasteiger charge is 2.33. The third kappa shape index (κ3) is 4.14. The fourth-order valence-corrected chi connectivity index (χ4v) is 2.85. The summed E-state index contributed by atoms with van der Waals surface area (Å²) in [6.07, 6.45) is -0.323. The lowest BCUT2D eigenvalue weighted by atomic mass is 9.78. The molecule has 25 heavy (non-hydrogen) atoms. The second kappa shape index (κ2) is 6.70. The van der Waals surface area contributed by atoms with Crippen molar-refractivity contribution in [1.29, 1.82) is 0 Å². The molecule has 5 heteroatoms. The SMILES string of the molecule is CCOC(=O)C1CC(c2cc(C(C)(C)C)c(O)c(C(C)(C)C)c2)=NO1. The molecule has 1 N–H and O–H groups in total. The number of phenols is 1. The normalized spacial score (nSPS) is 17.9. The highest BCUT2D eigenvalue weighted by atomic mass is 16.7. The van der Waals surface area contributed by atoms with Gasteiger partial charge in [-0.25, -0.2) is 4.79 Å². The fraction of sp³-hybridized carbons (Fsp3) is 0.600. The van der Waals surface area contributed by atoms with Crippen molar-refractivity contribution in [2.45, 2.75) is 71.8 Å². The largest absolute Gasteiger partial charge is 0.507 e. The van der Waals surface area contributed by atoms with Gasteiger partial charge in [-0.2, -0.15) is 0 Å². The van der Waals surface area contributed by atoms with Gasteiger partial charge in [-0.3, -0.25) is 0 Å². The summed E-state index contributed by atoms with van der Waals surface area (Å²) in [5.41, 5.74) is 2.85. The Morgan fingerprint density at radius 1 is 1.20 bits per heavy atom. The Hall–Kier alpha value is -2.04. The molecule has 1 aromatic rings. The standard InChI is InChI=1S/C20H29NO4/c1-8-24-18(23)16-11-15(21-25-16)12-9-13(19(2,3)4)17(22)14(10-12)20(5,6)7/h9-10,16,22H,8,11H2,1-7H3. The van der Waals surface area contributed by atoms with Crippen LogP contribution >= 0.6 is 0 Å². The number of rotatable bonds is 3. The van der Waals surface area contributed by atoms with Crippen LogP contribution in [0.15, 0.2) is 17.3 Å². The van der Waals surface area contributed by atoms with E-state index < -0.39 is 12.1 Å². The zero-order valence-corrected chi connectivity index (χ0v) is 16.3. The first-order valence-corrected chi connectivity index (χ1v) is 8.72. The lowest BCUT2D eigenvalue weighted by Gasteiger charge is -2.28. The number of carbonyl (C=O) groups excluding carboxylic acids is 1. The third-order valence-electron chi connectivity index (χ3n) is 4.28. The molecule has 5 nitrogen and oxygen atoms in total. The number of esters is 1. The maximum Gasteiger partial charge on any atom is 0.350 e. The number of nitrogens with zero attached hydrogens (tertiary/aromatic N) is 1.